The van der Waals surface area contributed by atoms with Crippen LogP contribution in [-0.4, -0.2) is 69.1 Å². The van der Waals surface area contributed by atoms with Gasteiger partial charge in [-0.3, -0.25) is 4.79 Å². The summed E-state index contributed by atoms with van der Waals surface area (Å²) in [6.45, 7) is 8.59. The van der Waals surface area contributed by atoms with Crippen LogP contribution in [0.3, 0.4) is 0 Å². The van der Waals surface area contributed by atoms with E-state index in [1.54, 1.807) is 0 Å². The van der Waals surface area contributed by atoms with Crippen molar-refractivity contribution in [3.8, 4) is 0 Å². The molecule has 1 N–H and O–H groups in total. The summed E-state index contributed by atoms with van der Waals surface area (Å²) in [6, 6.07) is 0. The van der Waals surface area contributed by atoms with Crippen LogP contribution in [0, 0.1) is 0 Å². The molecular formula is C13H27N3O3S. The molecule has 7 heteroatoms. The van der Waals surface area contributed by atoms with Gasteiger partial charge in [0.15, 0.2) is 0 Å². The van der Waals surface area contributed by atoms with Crippen LogP contribution in [0.15, 0.2) is 0 Å². The fraction of sp³-hybridized carbons (Fsp3) is 0.923. The van der Waals surface area contributed by atoms with Gasteiger partial charge in [0.1, 0.15) is 0 Å². The minimum atomic E-state index is -3.21. The van der Waals surface area contributed by atoms with Gasteiger partial charge in [0.25, 0.3) is 0 Å². The monoisotopic (exact) mass is 305 g/mol. The summed E-state index contributed by atoms with van der Waals surface area (Å²) >= 11 is 0. The van der Waals surface area contributed by atoms with E-state index < -0.39 is 10.0 Å². The van der Waals surface area contributed by atoms with Crippen LogP contribution in [0.1, 0.15) is 33.1 Å². The summed E-state index contributed by atoms with van der Waals surface area (Å²) in [4.78, 5) is 16.1. The maximum Gasteiger partial charge on any atom is 0.223 e. The summed E-state index contributed by atoms with van der Waals surface area (Å²) in [5.41, 5.74) is 0. The molecule has 0 radical (unpaired) electrons. The number of hydrogen-bond donors (Lipinski definition) is 1. The Labute approximate surface area is 122 Å². The Hall–Kier alpha value is -0.660. The molecule has 0 aromatic carbocycles. The van der Waals surface area contributed by atoms with Gasteiger partial charge in [0.2, 0.25) is 15.9 Å². The molecule has 1 aliphatic rings. The van der Waals surface area contributed by atoms with Crippen LogP contribution < -0.4 is 4.72 Å². The Balaban J connectivity index is 2.23. The average molecular weight is 305 g/mol. The molecule has 6 nitrogen and oxygen atoms in total. The van der Waals surface area contributed by atoms with Crippen molar-refractivity contribution in [1.29, 1.82) is 0 Å². The zero-order valence-corrected chi connectivity index (χ0v) is 13.4. The highest BCUT2D eigenvalue weighted by atomic mass is 32.2. The van der Waals surface area contributed by atoms with E-state index in [0.29, 0.717) is 6.42 Å². The Kier molecular flexibility index (Phi) is 7.47. The van der Waals surface area contributed by atoms with Crippen LogP contribution in [0.4, 0.5) is 0 Å². The molecule has 0 saturated carbocycles. The number of carbonyl (C=O) groups excluding carboxylic acids is 1. The van der Waals surface area contributed by atoms with Crippen LogP contribution in [0.2, 0.25) is 0 Å². The van der Waals surface area contributed by atoms with Gasteiger partial charge >= 0.3 is 0 Å². The maximum atomic E-state index is 12.0. The van der Waals surface area contributed by atoms with Crippen molar-refractivity contribution < 1.29 is 13.2 Å². The van der Waals surface area contributed by atoms with Gasteiger partial charge in [-0.15, -0.1) is 0 Å². The standard InChI is InChI=1S/C13H27N3O3S/c1-3-5-12-20(18,19)14-7-6-13(17)16-10-8-15(4-2)9-11-16/h14H,3-12H2,1-2H3. The number of carbonyl (C=O) groups is 1. The van der Waals surface area contributed by atoms with Gasteiger partial charge in [-0.05, 0) is 13.0 Å². The number of nitrogens with one attached hydrogen (secondary N) is 1. The lowest BCUT2D eigenvalue weighted by molar-refractivity contribution is -0.132. The van der Waals surface area contributed by atoms with Gasteiger partial charge in [-0.2, -0.15) is 0 Å². The van der Waals surface area contributed by atoms with Crippen molar-refractivity contribution in [1.82, 2.24) is 14.5 Å². The zero-order valence-electron chi connectivity index (χ0n) is 12.6. The van der Waals surface area contributed by atoms with Crippen LogP contribution in [-0.2, 0) is 14.8 Å². The SMILES string of the molecule is CCCCS(=O)(=O)NCCC(=O)N1CCN(CC)CC1. The normalized spacial score (nSPS) is 17.4. The first kappa shape index (κ1) is 17.4. The molecule has 0 aromatic heterocycles. The van der Waals surface area contributed by atoms with Crippen molar-refractivity contribution in [3.05, 3.63) is 0 Å². The van der Waals surface area contributed by atoms with Gasteiger partial charge in [0.05, 0.1) is 5.75 Å². The number of hydrogen-bond acceptors (Lipinski definition) is 4. The largest absolute Gasteiger partial charge is 0.340 e. The third kappa shape index (κ3) is 6.19. The van der Waals surface area contributed by atoms with Gasteiger partial charge in [-0.1, -0.05) is 20.3 Å². The summed E-state index contributed by atoms with van der Waals surface area (Å²) in [7, 11) is -3.21. The average Bonchev–Trinajstić information content (AvgIpc) is 2.45. The summed E-state index contributed by atoms with van der Waals surface area (Å²) < 4.78 is 25.7. The van der Waals surface area contributed by atoms with E-state index in [4.69, 9.17) is 0 Å². The summed E-state index contributed by atoms with van der Waals surface area (Å²) in [5, 5.41) is 0. The molecule has 1 amide bonds. The molecule has 1 saturated heterocycles. The molecule has 0 aromatic rings. The molecular weight excluding hydrogens is 278 g/mol. The fourth-order valence-electron chi connectivity index (χ4n) is 2.19. The fourth-order valence-corrected chi connectivity index (χ4v) is 3.42. The third-order valence-corrected chi connectivity index (χ3v) is 5.07. The van der Waals surface area contributed by atoms with Crippen LogP contribution in [0.5, 0.6) is 0 Å². The Bertz CT molecular complexity index is 390. The maximum absolute atomic E-state index is 12.0. The smallest absolute Gasteiger partial charge is 0.223 e. The molecule has 1 heterocycles. The highest BCUT2D eigenvalue weighted by Crippen LogP contribution is 2.03. The number of unbranched alkanes of at least 4 members (excludes halogenated alkanes) is 1. The van der Waals surface area contributed by atoms with Gasteiger partial charge in [-0.25, -0.2) is 13.1 Å². The van der Waals surface area contributed by atoms with Crippen LogP contribution in [0.25, 0.3) is 0 Å². The predicted octanol–water partition coefficient (Wildman–Crippen LogP) is 0.260. The lowest BCUT2D eigenvalue weighted by Gasteiger charge is -2.34. The first-order chi connectivity index (χ1) is 9.48. The molecule has 0 spiro atoms. The molecule has 118 valence electrons. The molecule has 0 unspecified atom stereocenters. The second-order valence-electron chi connectivity index (χ2n) is 5.13. The Morgan fingerprint density at radius 1 is 1.15 bits per heavy atom. The van der Waals surface area contributed by atoms with Gasteiger partial charge in [0, 0.05) is 39.1 Å². The topological polar surface area (TPSA) is 69.7 Å². The number of amides is 1. The Morgan fingerprint density at radius 3 is 2.35 bits per heavy atom. The van der Waals surface area contributed by atoms with E-state index in [9.17, 15) is 13.2 Å². The molecule has 0 aliphatic carbocycles. The van der Waals surface area contributed by atoms with Crippen molar-refractivity contribution in [3.63, 3.8) is 0 Å². The number of likely N-dealkylation sites (N-methyl/N-ethyl adjacent to an activating group) is 1. The van der Waals surface area contributed by atoms with E-state index in [2.05, 4.69) is 16.5 Å². The van der Waals surface area contributed by atoms with Crippen molar-refractivity contribution in [2.24, 2.45) is 0 Å². The predicted molar refractivity (Wildman–Crippen MR) is 80.0 cm³/mol. The number of rotatable bonds is 8. The van der Waals surface area contributed by atoms with E-state index in [-0.39, 0.29) is 24.6 Å². The quantitative estimate of drug-likeness (QED) is 0.698. The second kappa shape index (κ2) is 8.59. The lowest BCUT2D eigenvalue weighted by Crippen LogP contribution is -2.49. The molecule has 0 bridgehead atoms. The summed E-state index contributed by atoms with van der Waals surface area (Å²) in [6.07, 6.45) is 1.75. The third-order valence-electron chi connectivity index (χ3n) is 3.60. The number of nitrogens with zero attached hydrogens (tertiary/aromatic N) is 2. The first-order valence-electron chi connectivity index (χ1n) is 7.46. The number of piperazine rings is 1. The molecule has 1 rings (SSSR count). The highest BCUT2D eigenvalue weighted by molar-refractivity contribution is 7.89. The van der Waals surface area contributed by atoms with Gasteiger partial charge < -0.3 is 9.80 Å². The minimum absolute atomic E-state index is 0.0407. The molecule has 20 heavy (non-hydrogen) atoms. The van der Waals surface area contributed by atoms with E-state index in [1.807, 2.05) is 11.8 Å². The molecule has 1 fully saturated rings. The molecule has 0 atom stereocenters. The minimum Gasteiger partial charge on any atom is -0.340 e. The number of sulfonamides is 1. The van der Waals surface area contributed by atoms with Crippen LogP contribution >= 0.6 is 0 Å². The van der Waals surface area contributed by atoms with Crippen molar-refractivity contribution >= 4 is 15.9 Å². The van der Waals surface area contributed by atoms with Crippen molar-refractivity contribution in [2.75, 3.05) is 45.0 Å². The Morgan fingerprint density at radius 2 is 1.80 bits per heavy atom. The van der Waals surface area contributed by atoms with Crippen molar-refractivity contribution in [2.45, 2.75) is 33.1 Å². The summed E-state index contributed by atoms with van der Waals surface area (Å²) in [5.74, 6) is 0.186. The highest BCUT2D eigenvalue weighted by Gasteiger charge is 2.20. The van der Waals surface area contributed by atoms with E-state index in [0.717, 1.165) is 39.1 Å². The molecule has 1 aliphatic heterocycles. The lowest BCUT2D eigenvalue weighted by atomic mass is 10.3. The van der Waals surface area contributed by atoms with E-state index in [1.165, 1.54) is 0 Å². The van der Waals surface area contributed by atoms with E-state index >= 15 is 0 Å². The zero-order chi connectivity index (χ0) is 15.0. The first-order valence-corrected chi connectivity index (χ1v) is 9.11. The second-order valence-corrected chi connectivity index (χ2v) is 7.06.